The van der Waals surface area contributed by atoms with Crippen LogP contribution in [0.25, 0.3) is 0 Å². The molecule has 0 fully saturated rings. The molecule has 1 aliphatic rings. The molecule has 4 heteroatoms. The minimum absolute atomic E-state index is 0.204. The average Bonchev–Trinajstić information content (AvgIpc) is 2.96. The van der Waals surface area contributed by atoms with Gasteiger partial charge in [0, 0.05) is 17.1 Å². The highest BCUT2D eigenvalue weighted by atomic mass is 32.2. The maximum Gasteiger partial charge on any atom is 0.177 e. The number of ketones is 1. The summed E-state index contributed by atoms with van der Waals surface area (Å²) in [5.41, 5.74) is 2.32. The second-order valence-electron chi connectivity index (χ2n) is 4.09. The smallest absolute Gasteiger partial charge is 0.177 e. The van der Waals surface area contributed by atoms with Gasteiger partial charge in [-0.2, -0.15) is 11.8 Å². The zero-order valence-corrected chi connectivity index (χ0v) is 10.9. The van der Waals surface area contributed by atoms with Crippen molar-refractivity contribution < 1.29 is 9.21 Å². The molecule has 0 unspecified atom stereocenters. The zero-order valence-electron chi connectivity index (χ0n) is 9.27. The molecule has 3 heterocycles. The van der Waals surface area contributed by atoms with Crippen LogP contribution in [0.15, 0.2) is 29.1 Å². The number of aryl methyl sites for hydroxylation is 1. The van der Waals surface area contributed by atoms with Gasteiger partial charge in [0.25, 0.3) is 0 Å². The first-order chi connectivity index (χ1) is 8.33. The van der Waals surface area contributed by atoms with Crippen LogP contribution in [-0.4, -0.2) is 11.5 Å². The van der Waals surface area contributed by atoms with Crippen molar-refractivity contribution in [2.24, 2.45) is 0 Å². The van der Waals surface area contributed by atoms with Crippen LogP contribution in [0.2, 0.25) is 0 Å². The Morgan fingerprint density at radius 2 is 2.41 bits per heavy atom. The monoisotopic (exact) mass is 264 g/mol. The number of carbonyl (C=O) groups excluding carboxylic acids is 1. The van der Waals surface area contributed by atoms with Crippen LogP contribution in [0.5, 0.6) is 0 Å². The lowest BCUT2D eigenvalue weighted by Crippen LogP contribution is -1.99. The molecule has 3 rings (SSSR count). The third-order valence-corrected chi connectivity index (χ3v) is 5.13. The second kappa shape index (κ2) is 4.70. The molecule has 0 saturated carbocycles. The topological polar surface area (TPSA) is 30.2 Å². The van der Waals surface area contributed by atoms with E-state index in [-0.39, 0.29) is 5.78 Å². The van der Waals surface area contributed by atoms with Gasteiger partial charge >= 0.3 is 0 Å². The van der Waals surface area contributed by atoms with Crippen LogP contribution in [0.3, 0.4) is 0 Å². The molecule has 0 saturated heterocycles. The van der Waals surface area contributed by atoms with E-state index >= 15 is 0 Å². The zero-order chi connectivity index (χ0) is 11.7. The lowest BCUT2D eigenvalue weighted by Gasteiger charge is -2.08. The van der Waals surface area contributed by atoms with Crippen molar-refractivity contribution in [3.05, 3.63) is 45.5 Å². The summed E-state index contributed by atoms with van der Waals surface area (Å²) in [4.78, 5) is 14.4. The molecule has 0 amide bonds. The van der Waals surface area contributed by atoms with E-state index in [0.29, 0.717) is 6.42 Å². The van der Waals surface area contributed by atoms with E-state index in [1.807, 2.05) is 17.8 Å². The minimum Gasteiger partial charge on any atom is -0.472 e. The Morgan fingerprint density at radius 1 is 1.47 bits per heavy atom. The van der Waals surface area contributed by atoms with Crippen molar-refractivity contribution in [1.29, 1.82) is 0 Å². The number of furan rings is 1. The maximum atomic E-state index is 12.1. The molecule has 0 radical (unpaired) electrons. The van der Waals surface area contributed by atoms with Crippen molar-refractivity contribution in [1.82, 2.24) is 0 Å². The minimum atomic E-state index is 0.204. The fraction of sp³-hybridized carbons (Fsp3) is 0.308. The van der Waals surface area contributed by atoms with Gasteiger partial charge in [0.1, 0.15) is 0 Å². The molecule has 0 aliphatic carbocycles. The Morgan fingerprint density at radius 3 is 3.18 bits per heavy atom. The van der Waals surface area contributed by atoms with Gasteiger partial charge in [0.2, 0.25) is 0 Å². The molecule has 1 aliphatic heterocycles. The number of fused-ring (bicyclic) bond motifs is 1. The first-order valence-corrected chi connectivity index (χ1v) is 7.53. The number of hydrogen-bond donors (Lipinski definition) is 0. The summed E-state index contributed by atoms with van der Waals surface area (Å²) in [6.45, 7) is 0. The molecule has 0 aromatic carbocycles. The van der Waals surface area contributed by atoms with Crippen LogP contribution in [-0.2, 0) is 18.6 Å². The van der Waals surface area contributed by atoms with Crippen molar-refractivity contribution >= 4 is 28.9 Å². The van der Waals surface area contributed by atoms with Crippen LogP contribution in [0.4, 0.5) is 0 Å². The van der Waals surface area contributed by atoms with Gasteiger partial charge in [-0.25, -0.2) is 0 Å². The standard InChI is InChI=1S/C13H12O2S2/c14-11(5-9-1-3-15-7-9)13-6-10-8-16-4-2-12(10)17-13/h1,3,6-7H,2,4-5,8H2. The summed E-state index contributed by atoms with van der Waals surface area (Å²) in [7, 11) is 0. The number of Topliss-reactive ketones (excluding diaryl/α,β-unsaturated/α-hetero) is 1. The van der Waals surface area contributed by atoms with Crippen molar-refractivity contribution in [2.75, 3.05) is 5.75 Å². The second-order valence-corrected chi connectivity index (χ2v) is 6.34. The van der Waals surface area contributed by atoms with Gasteiger partial charge in [-0.15, -0.1) is 11.3 Å². The van der Waals surface area contributed by atoms with Crippen molar-refractivity contribution in [3.8, 4) is 0 Å². The van der Waals surface area contributed by atoms with Gasteiger partial charge in [-0.3, -0.25) is 4.79 Å². The van der Waals surface area contributed by atoms with E-state index in [9.17, 15) is 4.79 Å². The Labute approximate surface area is 108 Å². The van der Waals surface area contributed by atoms with Crippen LogP contribution < -0.4 is 0 Å². The maximum absolute atomic E-state index is 12.1. The molecule has 0 spiro atoms. The fourth-order valence-electron chi connectivity index (χ4n) is 1.95. The first kappa shape index (κ1) is 11.1. The van der Waals surface area contributed by atoms with Gasteiger partial charge in [0.05, 0.1) is 17.4 Å². The lowest BCUT2D eigenvalue weighted by molar-refractivity contribution is 0.0996. The third kappa shape index (κ3) is 2.33. The number of rotatable bonds is 3. The van der Waals surface area contributed by atoms with Crippen LogP contribution in [0, 0.1) is 0 Å². The fourth-order valence-corrected chi connectivity index (χ4v) is 4.26. The van der Waals surface area contributed by atoms with Crippen molar-refractivity contribution in [2.45, 2.75) is 18.6 Å². The highest BCUT2D eigenvalue weighted by molar-refractivity contribution is 7.98. The Kier molecular flexibility index (Phi) is 3.07. The largest absolute Gasteiger partial charge is 0.472 e. The molecule has 2 aromatic rings. The van der Waals surface area contributed by atoms with E-state index in [2.05, 4.69) is 6.07 Å². The molecule has 2 aromatic heterocycles. The first-order valence-electron chi connectivity index (χ1n) is 5.56. The highest BCUT2D eigenvalue weighted by Gasteiger charge is 2.17. The Hall–Kier alpha value is -1.000. The Bertz CT molecular complexity index is 502. The SMILES string of the molecule is O=C(Cc1ccoc1)c1cc2c(s1)CCSC2. The summed E-state index contributed by atoms with van der Waals surface area (Å²) < 4.78 is 4.98. The molecule has 17 heavy (non-hydrogen) atoms. The summed E-state index contributed by atoms with van der Waals surface area (Å²) in [5, 5.41) is 0. The highest BCUT2D eigenvalue weighted by Crippen LogP contribution is 2.32. The quantitative estimate of drug-likeness (QED) is 0.794. The Balaban J connectivity index is 1.79. The molecule has 88 valence electrons. The lowest BCUT2D eigenvalue weighted by atomic mass is 10.1. The molecule has 0 bridgehead atoms. The summed E-state index contributed by atoms with van der Waals surface area (Å²) in [6, 6.07) is 3.93. The molecule has 2 nitrogen and oxygen atoms in total. The van der Waals surface area contributed by atoms with Gasteiger partial charge in [-0.1, -0.05) is 0 Å². The molecular weight excluding hydrogens is 252 g/mol. The molecular formula is C13H12O2S2. The average molecular weight is 264 g/mol. The number of thioether (sulfide) groups is 1. The molecule has 0 atom stereocenters. The van der Waals surface area contributed by atoms with Gasteiger partial charge in [0.15, 0.2) is 5.78 Å². The normalized spacial score (nSPS) is 14.6. The van der Waals surface area contributed by atoms with E-state index < -0.39 is 0 Å². The number of carbonyl (C=O) groups is 1. The third-order valence-electron chi connectivity index (χ3n) is 2.85. The van der Waals surface area contributed by atoms with Gasteiger partial charge < -0.3 is 4.42 Å². The summed E-state index contributed by atoms with van der Waals surface area (Å²) in [5.74, 6) is 2.45. The van der Waals surface area contributed by atoms with E-state index in [0.717, 1.165) is 22.6 Å². The molecule has 0 N–H and O–H groups in total. The van der Waals surface area contributed by atoms with Crippen LogP contribution >= 0.6 is 23.1 Å². The van der Waals surface area contributed by atoms with E-state index in [1.54, 1.807) is 23.9 Å². The van der Waals surface area contributed by atoms with Crippen molar-refractivity contribution in [3.63, 3.8) is 0 Å². The number of thiophene rings is 1. The summed E-state index contributed by atoms with van der Waals surface area (Å²) in [6.07, 6.45) is 4.81. The predicted molar refractivity (Wildman–Crippen MR) is 70.9 cm³/mol. The van der Waals surface area contributed by atoms with Crippen LogP contribution in [0.1, 0.15) is 25.7 Å². The predicted octanol–water partition coefficient (Wildman–Crippen LogP) is 3.56. The number of hydrogen-bond acceptors (Lipinski definition) is 4. The van der Waals surface area contributed by atoms with E-state index in [1.165, 1.54) is 16.2 Å². The van der Waals surface area contributed by atoms with Gasteiger partial charge in [-0.05, 0) is 35.4 Å². The van der Waals surface area contributed by atoms with E-state index in [4.69, 9.17) is 4.42 Å². The summed E-state index contributed by atoms with van der Waals surface area (Å²) >= 11 is 3.62.